The summed E-state index contributed by atoms with van der Waals surface area (Å²) >= 11 is 4.87. The number of hydrogen-bond acceptors (Lipinski definition) is 3. The molecule has 0 spiro atoms. The number of likely N-dealkylation sites (tertiary alicyclic amines) is 1. The molecule has 1 aliphatic heterocycles. The van der Waals surface area contributed by atoms with Crippen LogP contribution < -0.4 is 5.73 Å². The van der Waals surface area contributed by atoms with Gasteiger partial charge in [0.25, 0.3) is 0 Å². The maximum Gasteiger partial charge on any atom is 0.235 e. The Morgan fingerprint density at radius 2 is 2.00 bits per heavy atom. The number of thiocarbonyl (C=S) groups is 1. The first-order chi connectivity index (χ1) is 7.70. The second kappa shape index (κ2) is 4.72. The molecule has 1 saturated heterocycles. The molecule has 1 fully saturated rings. The Morgan fingerprint density at radius 1 is 1.47 bits per heavy atom. The summed E-state index contributed by atoms with van der Waals surface area (Å²) in [5, 5.41) is 0. The minimum absolute atomic E-state index is 0.0967. The fraction of sp³-hybridized carbons (Fsp3) is 0.750. The molecule has 0 aromatic heterocycles. The van der Waals surface area contributed by atoms with E-state index in [2.05, 4.69) is 0 Å². The molecule has 4 nitrogen and oxygen atoms in total. The molecule has 0 aromatic rings. The Kier molecular flexibility index (Phi) is 3.91. The normalized spacial score (nSPS) is 26.8. The van der Waals surface area contributed by atoms with E-state index in [0.29, 0.717) is 11.5 Å². The fourth-order valence-electron chi connectivity index (χ4n) is 1.91. The van der Waals surface area contributed by atoms with Gasteiger partial charge in [-0.25, -0.2) is 0 Å². The zero-order valence-electron chi connectivity index (χ0n) is 10.8. The SMILES string of the molecule is CC(CN1C(=O)CC(C)(C(C)C)C1=O)C(N)=S. The van der Waals surface area contributed by atoms with Gasteiger partial charge in [-0.1, -0.05) is 33.0 Å². The average molecular weight is 256 g/mol. The van der Waals surface area contributed by atoms with E-state index >= 15 is 0 Å². The number of hydrogen-bond donors (Lipinski definition) is 1. The fourth-order valence-corrected chi connectivity index (χ4v) is 1.98. The summed E-state index contributed by atoms with van der Waals surface area (Å²) in [6.07, 6.45) is 0.285. The van der Waals surface area contributed by atoms with Crippen LogP contribution in [0.5, 0.6) is 0 Å². The van der Waals surface area contributed by atoms with Crippen LogP contribution in [0.3, 0.4) is 0 Å². The highest BCUT2D eigenvalue weighted by molar-refractivity contribution is 7.80. The summed E-state index contributed by atoms with van der Waals surface area (Å²) in [6, 6.07) is 0. The Balaban J connectivity index is 2.87. The average Bonchev–Trinajstić information content (AvgIpc) is 2.43. The largest absolute Gasteiger partial charge is 0.393 e. The van der Waals surface area contributed by atoms with Crippen molar-refractivity contribution >= 4 is 29.0 Å². The summed E-state index contributed by atoms with van der Waals surface area (Å²) in [4.78, 5) is 25.8. The Labute approximate surface area is 108 Å². The molecule has 2 N–H and O–H groups in total. The number of nitrogens with zero attached hydrogens (tertiary/aromatic N) is 1. The van der Waals surface area contributed by atoms with Crippen LogP contribution in [0.2, 0.25) is 0 Å². The minimum Gasteiger partial charge on any atom is -0.393 e. The van der Waals surface area contributed by atoms with Gasteiger partial charge in [-0.15, -0.1) is 0 Å². The van der Waals surface area contributed by atoms with E-state index in [1.165, 1.54) is 4.90 Å². The van der Waals surface area contributed by atoms with E-state index < -0.39 is 5.41 Å². The van der Waals surface area contributed by atoms with Crippen LogP contribution in [0, 0.1) is 17.3 Å². The second-order valence-corrected chi connectivity index (χ2v) is 5.83. The number of carbonyl (C=O) groups excluding carboxylic acids is 2. The zero-order valence-corrected chi connectivity index (χ0v) is 11.6. The van der Waals surface area contributed by atoms with Crippen LogP contribution in [-0.4, -0.2) is 28.2 Å². The van der Waals surface area contributed by atoms with Crippen LogP contribution in [0.1, 0.15) is 34.1 Å². The standard InChI is InChI=1S/C12H20N2O2S/c1-7(2)12(4)5-9(15)14(11(12)16)6-8(3)10(13)17/h7-8H,5-6H2,1-4H3,(H2,13,17). The topological polar surface area (TPSA) is 63.4 Å². The molecule has 0 saturated carbocycles. The number of imide groups is 1. The molecule has 1 aliphatic rings. The molecule has 2 unspecified atom stereocenters. The Morgan fingerprint density at radius 3 is 2.35 bits per heavy atom. The van der Waals surface area contributed by atoms with Crippen LogP contribution in [0.25, 0.3) is 0 Å². The van der Waals surface area contributed by atoms with Gasteiger partial charge in [0.05, 0.1) is 10.4 Å². The molecule has 0 aliphatic carbocycles. The van der Waals surface area contributed by atoms with Crippen LogP contribution in [0.4, 0.5) is 0 Å². The smallest absolute Gasteiger partial charge is 0.235 e. The van der Waals surface area contributed by atoms with Gasteiger partial charge in [-0.3, -0.25) is 14.5 Å². The number of nitrogens with two attached hydrogens (primary N) is 1. The predicted molar refractivity (Wildman–Crippen MR) is 70.2 cm³/mol. The first kappa shape index (κ1) is 14.1. The highest BCUT2D eigenvalue weighted by Crippen LogP contribution is 2.39. The predicted octanol–water partition coefficient (Wildman–Crippen LogP) is 1.33. The van der Waals surface area contributed by atoms with E-state index in [0.717, 1.165) is 0 Å². The van der Waals surface area contributed by atoms with Crippen molar-refractivity contribution in [3.63, 3.8) is 0 Å². The van der Waals surface area contributed by atoms with Gasteiger partial charge in [0.1, 0.15) is 0 Å². The third-order valence-corrected chi connectivity index (χ3v) is 4.17. The van der Waals surface area contributed by atoms with Crippen molar-refractivity contribution in [1.82, 2.24) is 4.90 Å². The van der Waals surface area contributed by atoms with Gasteiger partial charge in [0, 0.05) is 18.9 Å². The minimum atomic E-state index is -0.576. The highest BCUT2D eigenvalue weighted by atomic mass is 32.1. The Bertz CT molecular complexity index is 368. The molecular weight excluding hydrogens is 236 g/mol. The number of carbonyl (C=O) groups is 2. The lowest BCUT2D eigenvalue weighted by Gasteiger charge is -2.26. The van der Waals surface area contributed by atoms with E-state index in [1.807, 2.05) is 27.7 Å². The quantitative estimate of drug-likeness (QED) is 0.609. The summed E-state index contributed by atoms with van der Waals surface area (Å²) in [5.41, 5.74) is 4.94. The second-order valence-electron chi connectivity index (χ2n) is 5.36. The maximum absolute atomic E-state index is 12.3. The van der Waals surface area contributed by atoms with Gasteiger partial charge in [-0.2, -0.15) is 0 Å². The number of rotatable bonds is 4. The van der Waals surface area contributed by atoms with Crippen molar-refractivity contribution in [2.24, 2.45) is 23.0 Å². The van der Waals surface area contributed by atoms with Crippen molar-refractivity contribution < 1.29 is 9.59 Å². The summed E-state index contributed by atoms with van der Waals surface area (Å²) < 4.78 is 0. The molecule has 0 aromatic carbocycles. The van der Waals surface area contributed by atoms with Crippen LogP contribution in [-0.2, 0) is 9.59 Å². The van der Waals surface area contributed by atoms with Gasteiger partial charge in [0.2, 0.25) is 11.8 Å². The highest BCUT2D eigenvalue weighted by Gasteiger charge is 2.50. The van der Waals surface area contributed by atoms with Crippen molar-refractivity contribution in [3.05, 3.63) is 0 Å². The third kappa shape index (κ3) is 2.49. The molecule has 96 valence electrons. The monoisotopic (exact) mass is 256 g/mol. The molecule has 2 amide bonds. The van der Waals surface area contributed by atoms with E-state index in [1.54, 1.807) is 0 Å². The summed E-state index contributed by atoms with van der Waals surface area (Å²) in [5.74, 6) is -0.202. The number of amides is 2. The third-order valence-electron chi connectivity index (χ3n) is 3.77. The first-order valence-corrected chi connectivity index (χ1v) is 6.25. The van der Waals surface area contributed by atoms with Crippen molar-refractivity contribution in [3.8, 4) is 0 Å². The van der Waals surface area contributed by atoms with Crippen molar-refractivity contribution in [2.45, 2.75) is 34.1 Å². The lowest BCUT2D eigenvalue weighted by Crippen LogP contribution is -2.41. The molecule has 17 heavy (non-hydrogen) atoms. The molecule has 1 rings (SSSR count). The summed E-state index contributed by atoms with van der Waals surface area (Å²) in [7, 11) is 0. The first-order valence-electron chi connectivity index (χ1n) is 5.84. The lowest BCUT2D eigenvalue weighted by molar-refractivity contribution is -0.142. The molecule has 2 atom stereocenters. The molecule has 5 heteroatoms. The maximum atomic E-state index is 12.3. The van der Waals surface area contributed by atoms with E-state index in [4.69, 9.17) is 18.0 Å². The molecule has 1 heterocycles. The molecular formula is C12H20N2O2S. The van der Waals surface area contributed by atoms with Gasteiger partial charge in [-0.05, 0) is 12.8 Å². The van der Waals surface area contributed by atoms with Gasteiger partial charge < -0.3 is 5.73 Å². The zero-order chi connectivity index (χ0) is 13.4. The van der Waals surface area contributed by atoms with Crippen LogP contribution in [0.15, 0.2) is 0 Å². The van der Waals surface area contributed by atoms with Gasteiger partial charge >= 0.3 is 0 Å². The molecule has 0 bridgehead atoms. The van der Waals surface area contributed by atoms with Gasteiger partial charge in [0.15, 0.2) is 0 Å². The van der Waals surface area contributed by atoms with Crippen molar-refractivity contribution in [2.75, 3.05) is 6.54 Å². The summed E-state index contributed by atoms with van der Waals surface area (Å²) in [6.45, 7) is 7.91. The van der Waals surface area contributed by atoms with Crippen molar-refractivity contribution in [1.29, 1.82) is 0 Å². The Hall–Kier alpha value is -0.970. The molecule has 0 radical (unpaired) electrons. The van der Waals surface area contributed by atoms with Crippen LogP contribution >= 0.6 is 12.2 Å². The lowest BCUT2D eigenvalue weighted by atomic mass is 9.78. The van der Waals surface area contributed by atoms with E-state index in [9.17, 15) is 9.59 Å². The van der Waals surface area contributed by atoms with E-state index in [-0.39, 0.29) is 30.1 Å².